The molecule has 1 aliphatic carbocycles. The van der Waals surface area contributed by atoms with Gasteiger partial charge in [-0.2, -0.15) is 0 Å². The van der Waals surface area contributed by atoms with E-state index in [0.29, 0.717) is 6.04 Å². The second kappa shape index (κ2) is 6.91. The zero-order valence-electron chi connectivity index (χ0n) is 12.9. The molecule has 1 fully saturated rings. The van der Waals surface area contributed by atoms with Crippen molar-refractivity contribution in [3.8, 4) is 0 Å². The molecule has 0 radical (unpaired) electrons. The molecule has 2 aromatic carbocycles. The maximum Gasteiger partial charge on any atom is 0.0363 e. The van der Waals surface area contributed by atoms with E-state index in [9.17, 15) is 0 Å². The van der Waals surface area contributed by atoms with Crippen LogP contribution in [0.3, 0.4) is 0 Å². The third-order valence-corrected chi connectivity index (χ3v) is 4.65. The first kappa shape index (κ1) is 14.3. The summed E-state index contributed by atoms with van der Waals surface area (Å²) < 4.78 is 0. The molecule has 1 atom stereocenters. The molecule has 3 rings (SSSR count). The number of rotatable bonds is 6. The topological polar surface area (TPSA) is 12.0 Å². The highest BCUT2D eigenvalue weighted by atomic mass is 14.9. The Balaban J connectivity index is 1.86. The summed E-state index contributed by atoms with van der Waals surface area (Å²) in [6.45, 7) is 3.21. The van der Waals surface area contributed by atoms with E-state index in [1.165, 1.54) is 30.4 Å². The molecule has 0 amide bonds. The summed E-state index contributed by atoms with van der Waals surface area (Å²) in [5.74, 6) is 0.790. The lowest BCUT2D eigenvalue weighted by Gasteiger charge is -2.31. The Labute approximate surface area is 128 Å². The van der Waals surface area contributed by atoms with Crippen molar-refractivity contribution in [2.24, 2.45) is 0 Å². The van der Waals surface area contributed by atoms with Crippen LogP contribution in [-0.4, -0.2) is 6.54 Å². The molecule has 0 aromatic heterocycles. The summed E-state index contributed by atoms with van der Waals surface area (Å²) in [5, 5.41) is 3.69. The lowest BCUT2D eigenvalue weighted by Crippen LogP contribution is -2.25. The molecular weight excluding hydrogens is 254 g/mol. The summed E-state index contributed by atoms with van der Waals surface area (Å²) in [7, 11) is 0. The van der Waals surface area contributed by atoms with E-state index >= 15 is 0 Å². The Bertz CT molecular complexity index is 557. The van der Waals surface area contributed by atoms with Gasteiger partial charge in [0.05, 0.1) is 0 Å². The van der Waals surface area contributed by atoms with Crippen LogP contribution in [0.2, 0.25) is 0 Å². The van der Waals surface area contributed by atoms with E-state index in [1.807, 2.05) is 0 Å². The van der Waals surface area contributed by atoms with Crippen molar-refractivity contribution in [2.45, 2.75) is 44.6 Å². The maximum absolute atomic E-state index is 3.69. The molecular formula is C20H25N. The van der Waals surface area contributed by atoms with Crippen LogP contribution in [-0.2, 0) is 6.42 Å². The minimum Gasteiger partial charge on any atom is -0.310 e. The van der Waals surface area contributed by atoms with Gasteiger partial charge < -0.3 is 5.32 Å². The van der Waals surface area contributed by atoms with Crippen LogP contribution in [0.1, 0.15) is 54.8 Å². The van der Waals surface area contributed by atoms with Crippen molar-refractivity contribution in [1.82, 2.24) is 5.32 Å². The van der Waals surface area contributed by atoms with E-state index in [2.05, 4.69) is 66.8 Å². The fourth-order valence-corrected chi connectivity index (χ4v) is 3.31. The highest BCUT2D eigenvalue weighted by molar-refractivity contribution is 5.35. The highest BCUT2D eigenvalue weighted by Crippen LogP contribution is 2.39. The Morgan fingerprint density at radius 1 is 1.00 bits per heavy atom. The van der Waals surface area contributed by atoms with Crippen molar-refractivity contribution in [3.05, 3.63) is 71.3 Å². The Morgan fingerprint density at radius 2 is 1.71 bits per heavy atom. The fourth-order valence-electron chi connectivity index (χ4n) is 3.31. The molecule has 21 heavy (non-hydrogen) atoms. The van der Waals surface area contributed by atoms with Crippen LogP contribution in [0.15, 0.2) is 54.6 Å². The van der Waals surface area contributed by atoms with Gasteiger partial charge in [0.1, 0.15) is 0 Å². The molecule has 0 saturated heterocycles. The third-order valence-electron chi connectivity index (χ3n) is 4.65. The molecule has 0 spiro atoms. The molecule has 0 bridgehead atoms. The summed E-state index contributed by atoms with van der Waals surface area (Å²) in [5.41, 5.74) is 4.49. The van der Waals surface area contributed by atoms with Gasteiger partial charge in [0.25, 0.3) is 0 Å². The van der Waals surface area contributed by atoms with E-state index < -0.39 is 0 Å². The number of hydrogen-bond acceptors (Lipinski definition) is 1. The molecule has 1 heteroatoms. The predicted octanol–water partition coefficient (Wildman–Crippen LogP) is 4.85. The maximum atomic E-state index is 3.69. The second-order valence-electron chi connectivity index (χ2n) is 6.06. The van der Waals surface area contributed by atoms with Gasteiger partial charge in [-0.15, -0.1) is 0 Å². The van der Waals surface area contributed by atoms with Gasteiger partial charge >= 0.3 is 0 Å². The first-order valence-electron chi connectivity index (χ1n) is 8.24. The second-order valence-corrected chi connectivity index (χ2v) is 6.06. The average molecular weight is 279 g/mol. The van der Waals surface area contributed by atoms with Crippen LogP contribution in [0.25, 0.3) is 0 Å². The Morgan fingerprint density at radius 3 is 2.38 bits per heavy atom. The van der Waals surface area contributed by atoms with E-state index in [4.69, 9.17) is 0 Å². The summed E-state index contributed by atoms with van der Waals surface area (Å²) in [6.07, 6.45) is 5.18. The first-order chi connectivity index (χ1) is 10.4. The van der Waals surface area contributed by atoms with Crippen LogP contribution in [0, 0.1) is 0 Å². The monoisotopic (exact) mass is 279 g/mol. The first-order valence-corrected chi connectivity index (χ1v) is 8.24. The van der Waals surface area contributed by atoms with Crippen LogP contribution >= 0.6 is 0 Å². The summed E-state index contributed by atoms with van der Waals surface area (Å²) in [4.78, 5) is 0. The molecule has 0 heterocycles. The van der Waals surface area contributed by atoms with Crippen molar-refractivity contribution >= 4 is 0 Å². The lowest BCUT2D eigenvalue weighted by atomic mass is 9.76. The van der Waals surface area contributed by atoms with E-state index in [-0.39, 0.29) is 0 Å². The van der Waals surface area contributed by atoms with Gasteiger partial charge in [0.2, 0.25) is 0 Å². The number of hydrogen-bond donors (Lipinski definition) is 1. The fraction of sp³-hybridized carbons (Fsp3) is 0.400. The average Bonchev–Trinajstić information content (AvgIpc) is 2.47. The van der Waals surface area contributed by atoms with Crippen LogP contribution < -0.4 is 5.32 Å². The zero-order chi connectivity index (χ0) is 14.5. The number of likely N-dealkylation sites (N-methyl/N-ethyl adjacent to an activating group) is 1. The highest BCUT2D eigenvalue weighted by Gasteiger charge is 2.24. The minimum atomic E-state index is 0.425. The van der Waals surface area contributed by atoms with Crippen molar-refractivity contribution in [3.63, 3.8) is 0 Å². The van der Waals surface area contributed by atoms with Gasteiger partial charge in [0, 0.05) is 6.04 Å². The molecule has 0 aliphatic heterocycles. The molecule has 1 aliphatic rings. The standard InChI is InChI=1S/C20H25N/c1-2-21-20(15-16-9-4-3-5-10-16)19-14-7-6-13-18(19)17-11-8-12-17/h3-7,9-10,13-14,17,20-21H,2,8,11-12,15H2,1H3. The Kier molecular flexibility index (Phi) is 4.72. The summed E-state index contributed by atoms with van der Waals surface area (Å²) >= 11 is 0. The normalized spacial score (nSPS) is 16.4. The van der Waals surface area contributed by atoms with Gasteiger partial charge in [-0.25, -0.2) is 0 Å². The van der Waals surface area contributed by atoms with Crippen molar-refractivity contribution < 1.29 is 0 Å². The molecule has 1 unspecified atom stereocenters. The van der Waals surface area contributed by atoms with Gasteiger partial charge in [-0.05, 0) is 48.4 Å². The summed E-state index contributed by atoms with van der Waals surface area (Å²) in [6, 6.07) is 20.3. The molecule has 1 saturated carbocycles. The molecule has 110 valence electrons. The van der Waals surface area contributed by atoms with E-state index in [0.717, 1.165) is 18.9 Å². The van der Waals surface area contributed by atoms with Crippen LogP contribution in [0.4, 0.5) is 0 Å². The molecule has 1 nitrogen and oxygen atoms in total. The quantitative estimate of drug-likeness (QED) is 0.797. The predicted molar refractivity (Wildman–Crippen MR) is 89.6 cm³/mol. The van der Waals surface area contributed by atoms with Gasteiger partial charge in [-0.1, -0.05) is 67.9 Å². The zero-order valence-corrected chi connectivity index (χ0v) is 12.9. The largest absolute Gasteiger partial charge is 0.310 e. The van der Waals surface area contributed by atoms with Gasteiger partial charge in [-0.3, -0.25) is 0 Å². The number of benzene rings is 2. The molecule has 1 N–H and O–H groups in total. The van der Waals surface area contributed by atoms with Gasteiger partial charge in [0.15, 0.2) is 0 Å². The minimum absolute atomic E-state index is 0.425. The number of nitrogens with one attached hydrogen (secondary N) is 1. The van der Waals surface area contributed by atoms with Crippen molar-refractivity contribution in [2.75, 3.05) is 6.54 Å². The molecule has 2 aromatic rings. The van der Waals surface area contributed by atoms with Crippen molar-refractivity contribution in [1.29, 1.82) is 0 Å². The third kappa shape index (κ3) is 3.36. The SMILES string of the molecule is CCNC(Cc1ccccc1)c1ccccc1C1CCC1. The van der Waals surface area contributed by atoms with E-state index in [1.54, 1.807) is 5.56 Å². The smallest absolute Gasteiger partial charge is 0.0363 e. The van der Waals surface area contributed by atoms with Crippen LogP contribution in [0.5, 0.6) is 0 Å². The lowest BCUT2D eigenvalue weighted by molar-refractivity contribution is 0.411. The Hall–Kier alpha value is -1.60.